The molecule has 0 saturated heterocycles. The van der Waals surface area contributed by atoms with Gasteiger partial charge in [-0.05, 0) is 80.0 Å². The average molecular weight is 574 g/mol. The number of benzene rings is 2. The summed E-state index contributed by atoms with van der Waals surface area (Å²) in [6.45, 7) is 5.64. The monoisotopic (exact) mass is 573 g/mol. The van der Waals surface area contributed by atoms with Crippen molar-refractivity contribution in [3.05, 3.63) is 92.8 Å². The Morgan fingerprint density at radius 2 is 1.61 bits per heavy atom. The summed E-state index contributed by atoms with van der Waals surface area (Å²) >= 11 is 0. The fourth-order valence-corrected chi connectivity index (χ4v) is 5.37. The molecular weight excluding hydrogens is 538 g/mol. The normalized spacial score (nSPS) is 15.3. The first-order valence-electron chi connectivity index (χ1n) is 13.9. The van der Waals surface area contributed by atoms with Crippen LogP contribution in [-0.4, -0.2) is 29.2 Å². The Hall–Kier alpha value is -3.66. The molecule has 3 aromatic rings. The molecule has 2 atom stereocenters. The zero-order valence-corrected chi connectivity index (χ0v) is 23.4. The minimum absolute atomic E-state index is 0.0485. The highest BCUT2D eigenvalue weighted by atomic mass is 19.1. The molecule has 0 radical (unpaired) electrons. The minimum atomic E-state index is -1.01. The molecule has 1 heterocycles. The third-order valence-electron chi connectivity index (χ3n) is 7.64. The van der Waals surface area contributed by atoms with Gasteiger partial charge in [-0.15, -0.1) is 0 Å². The van der Waals surface area contributed by atoms with E-state index in [2.05, 4.69) is 5.32 Å². The lowest BCUT2D eigenvalue weighted by Gasteiger charge is -2.23. The molecule has 1 fully saturated rings. The molecule has 220 valence electrons. The zero-order chi connectivity index (χ0) is 29.8. The van der Waals surface area contributed by atoms with Gasteiger partial charge in [-0.25, -0.2) is 17.6 Å². The van der Waals surface area contributed by atoms with Gasteiger partial charge in [0.25, 0.3) is 5.56 Å². The van der Waals surface area contributed by atoms with Crippen molar-refractivity contribution in [2.45, 2.75) is 70.9 Å². The van der Waals surface area contributed by atoms with E-state index in [1.54, 1.807) is 6.92 Å². The maximum absolute atomic E-state index is 15.3. The summed E-state index contributed by atoms with van der Waals surface area (Å²) in [6, 6.07) is 7.21. The van der Waals surface area contributed by atoms with Gasteiger partial charge >= 0.3 is 5.97 Å². The van der Waals surface area contributed by atoms with Crippen LogP contribution in [0.5, 0.6) is 0 Å². The number of hydrogen-bond donors (Lipinski definition) is 2. The third-order valence-corrected chi connectivity index (χ3v) is 7.64. The number of nitrogen functional groups attached to an aromatic ring is 1. The lowest BCUT2D eigenvalue weighted by atomic mass is 9.93. The van der Waals surface area contributed by atoms with Gasteiger partial charge in [0.15, 0.2) is 11.6 Å². The summed E-state index contributed by atoms with van der Waals surface area (Å²) in [7, 11) is 0. The highest BCUT2D eigenvalue weighted by Gasteiger charge is 2.28. The molecule has 6 nitrogen and oxygen atoms in total. The molecule has 0 bridgehead atoms. The Morgan fingerprint density at radius 3 is 2.22 bits per heavy atom. The second-order valence-electron chi connectivity index (χ2n) is 10.9. The fourth-order valence-electron chi connectivity index (χ4n) is 5.37. The molecule has 10 heteroatoms. The standard InChI is InChI=1S/C31H35F4N3O3/c1-17(2)28(31(40)41-21-6-4-5-7-21)37-13-12-19-14-25(34)29(26(35)15-19)38-27(39)11-10-23(30(38)36)18(3)22-9-8-20(32)16-24(22)33/h8-11,14-18,21,28,37H,4-7,12-13,36H2,1-3H3/t18?,28-/m0/s1. The topological polar surface area (TPSA) is 86.3 Å². The minimum Gasteiger partial charge on any atom is -0.461 e. The molecule has 1 aromatic heterocycles. The van der Waals surface area contributed by atoms with Crippen molar-refractivity contribution in [3.8, 4) is 5.69 Å². The molecule has 3 N–H and O–H groups in total. The smallest absolute Gasteiger partial charge is 0.323 e. The fraction of sp³-hybridized carbons (Fsp3) is 0.419. The molecule has 41 heavy (non-hydrogen) atoms. The van der Waals surface area contributed by atoms with E-state index in [4.69, 9.17) is 10.5 Å². The van der Waals surface area contributed by atoms with E-state index in [9.17, 15) is 18.4 Å². The maximum Gasteiger partial charge on any atom is 0.323 e. The number of carbonyl (C=O) groups excluding carboxylic acids is 1. The maximum atomic E-state index is 15.3. The van der Waals surface area contributed by atoms with Crippen LogP contribution in [0, 0.1) is 29.2 Å². The van der Waals surface area contributed by atoms with Crippen LogP contribution >= 0.6 is 0 Å². The Morgan fingerprint density at radius 1 is 0.976 bits per heavy atom. The van der Waals surface area contributed by atoms with Gasteiger partial charge in [-0.3, -0.25) is 14.2 Å². The number of hydrogen-bond acceptors (Lipinski definition) is 5. The summed E-state index contributed by atoms with van der Waals surface area (Å²) in [5.41, 5.74) is 5.46. The number of nitrogens with zero attached hydrogens (tertiary/aromatic N) is 1. The van der Waals surface area contributed by atoms with Gasteiger partial charge in [-0.2, -0.15) is 0 Å². The van der Waals surface area contributed by atoms with Crippen LogP contribution in [0.1, 0.15) is 69.1 Å². The number of halogens is 4. The Balaban J connectivity index is 1.53. The van der Waals surface area contributed by atoms with Crippen molar-refractivity contribution in [2.75, 3.05) is 12.3 Å². The van der Waals surface area contributed by atoms with Crippen LogP contribution in [-0.2, 0) is 16.0 Å². The summed E-state index contributed by atoms with van der Waals surface area (Å²) in [6.07, 6.45) is 3.95. The van der Waals surface area contributed by atoms with Crippen LogP contribution in [0.15, 0.2) is 47.3 Å². The number of carbonyl (C=O) groups is 1. The van der Waals surface area contributed by atoms with E-state index in [1.807, 2.05) is 13.8 Å². The molecule has 1 saturated carbocycles. The molecule has 0 aliphatic heterocycles. The molecule has 1 aliphatic rings. The van der Waals surface area contributed by atoms with Crippen molar-refractivity contribution < 1.29 is 27.1 Å². The van der Waals surface area contributed by atoms with Gasteiger partial charge in [0.1, 0.15) is 35.3 Å². The van der Waals surface area contributed by atoms with Gasteiger partial charge < -0.3 is 15.8 Å². The predicted octanol–water partition coefficient (Wildman–Crippen LogP) is 5.77. The molecule has 0 amide bonds. The van der Waals surface area contributed by atoms with Crippen molar-refractivity contribution in [1.29, 1.82) is 0 Å². The molecule has 1 unspecified atom stereocenters. The Kier molecular flexibility index (Phi) is 9.53. The van der Waals surface area contributed by atoms with Crippen LogP contribution in [0.25, 0.3) is 5.69 Å². The van der Waals surface area contributed by atoms with Crippen LogP contribution in [0.4, 0.5) is 23.4 Å². The Bertz CT molecular complexity index is 1440. The lowest BCUT2D eigenvalue weighted by Crippen LogP contribution is -2.44. The van der Waals surface area contributed by atoms with Crippen molar-refractivity contribution in [2.24, 2.45) is 5.92 Å². The molecule has 0 spiro atoms. The third kappa shape index (κ3) is 6.81. The van der Waals surface area contributed by atoms with E-state index < -0.39 is 46.5 Å². The molecule has 1 aliphatic carbocycles. The number of aromatic nitrogens is 1. The second-order valence-corrected chi connectivity index (χ2v) is 10.9. The van der Waals surface area contributed by atoms with E-state index in [-0.39, 0.29) is 47.9 Å². The van der Waals surface area contributed by atoms with E-state index in [0.717, 1.165) is 56.0 Å². The van der Waals surface area contributed by atoms with Crippen LogP contribution < -0.4 is 16.6 Å². The lowest BCUT2D eigenvalue weighted by molar-refractivity contribution is -0.152. The summed E-state index contributed by atoms with van der Waals surface area (Å²) < 4.78 is 64.8. The van der Waals surface area contributed by atoms with Gasteiger partial charge in [-0.1, -0.05) is 26.8 Å². The number of nitrogens with two attached hydrogens (primary N) is 1. The number of nitrogens with one attached hydrogen (secondary N) is 1. The van der Waals surface area contributed by atoms with E-state index >= 15 is 8.78 Å². The zero-order valence-electron chi connectivity index (χ0n) is 23.4. The number of rotatable bonds is 10. The second kappa shape index (κ2) is 12.9. The quantitative estimate of drug-likeness (QED) is 0.238. The molecular formula is C31H35F4N3O3. The average Bonchev–Trinajstić information content (AvgIpc) is 3.40. The first-order chi connectivity index (χ1) is 19.5. The van der Waals surface area contributed by atoms with Gasteiger partial charge in [0.2, 0.25) is 0 Å². The van der Waals surface area contributed by atoms with Gasteiger partial charge in [0, 0.05) is 23.6 Å². The molecule has 2 aromatic carbocycles. The van der Waals surface area contributed by atoms with Crippen molar-refractivity contribution in [1.82, 2.24) is 9.88 Å². The first kappa shape index (κ1) is 30.3. The Labute approximate surface area is 236 Å². The summed E-state index contributed by atoms with van der Waals surface area (Å²) in [5.74, 6) is -4.96. The highest BCUT2D eigenvalue weighted by molar-refractivity contribution is 5.76. The predicted molar refractivity (Wildman–Crippen MR) is 149 cm³/mol. The molecule has 4 rings (SSSR count). The van der Waals surface area contributed by atoms with Crippen LogP contribution in [0.2, 0.25) is 0 Å². The highest BCUT2D eigenvalue weighted by Crippen LogP contribution is 2.32. The first-order valence-corrected chi connectivity index (χ1v) is 13.9. The van der Waals surface area contributed by atoms with Crippen molar-refractivity contribution in [3.63, 3.8) is 0 Å². The number of pyridine rings is 1. The number of ether oxygens (including phenoxy) is 1. The number of esters is 1. The van der Waals surface area contributed by atoms with Gasteiger partial charge in [0.05, 0.1) is 0 Å². The number of anilines is 1. The summed E-state index contributed by atoms with van der Waals surface area (Å²) in [5, 5.41) is 3.14. The van der Waals surface area contributed by atoms with E-state index in [1.165, 1.54) is 12.1 Å². The SMILES string of the molecule is CC(c1ccc(F)cc1F)c1ccc(=O)n(-c2c(F)cc(CCN[C@H](C(=O)OC3CCCC3)C(C)C)cc2F)c1N. The van der Waals surface area contributed by atoms with Crippen LogP contribution in [0.3, 0.4) is 0 Å². The largest absolute Gasteiger partial charge is 0.461 e. The van der Waals surface area contributed by atoms with E-state index in [0.29, 0.717) is 10.1 Å². The van der Waals surface area contributed by atoms with Crippen molar-refractivity contribution >= 4 is 11.8 Å². The summed E-state index contributed by atoms with van der Waals surface area (Å²) in [4.78, 5) is 25.4.